The van der Waals surface area contributed by atoms with E-state index in [1.54, 1.807) is 25.1 Å². The van der Waals surface area contributed by atoms with Gasteiger partial charge in [0.2, 0.25) is 0 Å². The van der Waals surface area contributed by atoms with E-state index in [0.717, 1.165) is 11.1 Å². The average Bonchev–Trinajstić information content (AvgIpc) is 3.18. The largest absolute Gasteiger partial charge is 0.490 e. The van der Waals surface area contributed by atoms with Crippen molar-refractivity contribution in [2.24, 2.45) is 10.9 Å². The number of esters is 2. The van der Waals surface area contributed by atoms with Gasteiger partial charge in [0.05, 0.1) is 35.1 Å². The molecular weight excluding hydrogens is 516 g/mol. The van der Waals surface area contributed by atoms with Crippen LogP contribution >= 0.6 is 11.3 Å². The molecule has 1 atom stereocenters. The predicted octanol–water partition coefficient (Wildman–Crippen LogP) is 4.07. The van der Waals surface area contributed by atoms with E-state index < -0.39 is 18.0 Å². The first-order valence-electron chi connectivity index (χ1n) is 12.8. The van der Waals surface area contributed by atoms with Crippen LogP contribution in [0.5, 0.6) is 11.5 Å². The minimum absolute atomic E-state index is 0.136. The predicted molar refractivity (Wildman–Crippen MR) is 150 cm³/mol. The molecule has 1 aromatic heterocycles. The smallest absolute Gasteiger partial charge is 0.338 e. The molecule has 4 rings (SSSR count). The maximum atomic E-state index is 13.8. The molecule has 0 saturated carbocycles. The number of benzene rings is 2. The second-order valence-corrected chi connectivity index (χ2v) is 10.7. The number of aryl methyl sites for hydroxylation is 1. The fourth-order valence-electron chi connectivity index (χ4n) is 4.23. The fourth-order valence-corrected chi connectivity index (χ4v) is 5.28. The number of nitrogens with zero attached hydrogens (tertiary/aromatic N) is 2. The van der Waals surface area contributed by atoms with Crippen LogP contribution in [0.1, 0.15) is 57.4 Å². The van der Waals surface area contributed by atoms with Crippen LogP contribution in [0.4, 0.5) is 0 Å². The SMILES string of the molecule is CCOc1cc(C2C(C(=O)OCC(C)C)=C(C)N=c3s/c(=C/c4ccc(C)cc4)c(=O)n32)ccc1OC(C)=O. The number of fused-ring (bicyclic) bond motifs is 1. The van der Waals surface area contributed by atoms with Gasteiger partial charge in [-0.3, -0.25) is 14.2 Å². The molecular formula is C30H32N2O6S. The molecule has 9 heteroatoms. The Labute approximate surface area is 230 Å². The zero-order valence-corrected chi connectivity index (χ0v) is 23.8. The third-order valence-corrected chi connectivity index (χ3v) is 6.98. The van der Waals surface area contributed by atoms with Gasteiger partial charge in [0.1, 0.15) is 0 Å². The molecule has 0 amide bonds. The van der Waals surface area contributed by atoms with Crippen LogP contribution in [-0.2, 0) is 14.3 Å². The van der Waals surface area contributed by atoms with Crippen LogP contribution in [0.3, 0.4) is 0 Å². The Morgan fingerprint density at radius 1 is 1.10 bits per heavy atom. The summed E-state index contributed by atoms with van der Waals surface area (Å²) in [5.41, 5.74) is 3.08. The van der Waals surface area contributed by atoms with Gasteiger partial charge in [0.25, 0.3) is 5.56 Å². The van der Waals surface area contributed by atoms with Crippen molar-refractivity contribution in [2.45, 2.75) is 47.6 Å². The van der Waals surface area contributed by atoms with E-state index in [4.69, 9.17) is 14.2 Å². The number of allylic oxidation sites excluding steroid dienone is 1. The minimum atomic E-state index is -0.813. The Morgan fingerprint density at radius 3 is 2.46 bits per heavy atom. The molecule has 0 N–H and O–H groups in total. The highest BCUT2D eigenvalue weighted by atomic mass is 32.1. The number of aromatic nitrogens is 1. The fraction of sp³-hybridized carbons (Fsp3) is 0.333. The molecule has 39 heavy (non-hydrogen) atoms. The summed E-state index contributed by atoms with van der Waals surface area (Å²) in [7, 11) is 0. The number of carbonyl (C=O) groups is 2. The molecule has 2 aromatic carbocycles. The minimum Gasteiger partial charge on any atom is -0.490 e. The first kappa shape index (κ1) is 28.0. The quantitative estimate of drug-likeness (QED) is 0.311. The summed E-state index contributed by atoms with van der Waals surface area (Å²) in [6.45, 7) is 11.3. The van der Waals surface area contributed by atoms with Gasteiger partial charge >= 0.3 is 11.9 Å². The van der Waals surface area contributed by atoms with Crippen molar-refractivity contribution < 1.29 is 23.8 Å². The van der Waals surface area contributed by atoms with E-state index in [2.05, 4.69) is 4.99 Å². The van der Waals surface area contributed by atoms with Crippen molar-refractivity contribution in [3.63, 3.8) is 0 Å². The van der Waals surface area contributed by atoms with Crippen molar-refractivity contribution in [1.82, 2.24) is 4.57 Å². The second kappa shape index (κ2) is 11.8. The van der Waals surface area contributed by atoms with Gasteiger partial charge in [-0.15, -0.1) is 0 Å². The summed E-state index contributed by atoms with van der Waals surface area (Å²) < 4.78 is 18.7. The normalized spacial score (nSPS) is 15.2. The number of ether oxygens (including phenoxy) is 3. The average molecular weight is 549 g/mol. The zero-order chi connectivity index (χ0) is 28.3. The lowest BCUT2D eigenvalue weighted by molar-refractivity contribution is -0.140. The topological polar surface area (TPSA) is 96.2 Å². The lowest BCUT2D eigenvalue weighted by Gasteiger charge is -2.25. The first-order chi connectivity index (χ1) is 18.6. The Morgan fingerprint density at radius 2 is 1.82 bits per heavy atom. The summed E-state index contributed by atoms with van der Waals surface area (Å²) in [6, 6.07) is 12.1. The number of carbonyl (C=O) groups excluding carboxylic acids is 2. The summed E-state index contributed by atoms with van der Waals surface area (Å²) in [6.07, 6.45) is 1.83. The summed E-state index contributed by atoms with van der Waals surface area (Å²) in [5.74, 6) is -0.302. The Kier molecular flexibility index (Phi) is 8.50. The molecule has 1 aliphatic rings. The first-order valence-corrected chi connectivity index (χ1v) is 13.6. The van der Waals surface area contributed by atoms with Gasteiger partial charge in [0, 0.05) is 6.92 Å². The molecule has 1 aliphatic heterocycles. The monoisotopic (exact) mass is 548 g/mol. The lowest BCUT2D eigenvalue weighted by Crippen LogP contribution is -2.40. The standard InChI is InChI=1S/C30H32N2O6S/c1-7-36-24-15-22(12-13-23(24)38-20(6)33)27-26(29(35)37-16-17(2)3)19(5)31-30-32(27)28(34)25(39-30)14-21-10-8-18(4)9-11-21/h8-15,17,27H,7,16H2,1-6H3/b25-14+. The zero-order valence-electron chi connectivity index (χ0n) is 22.9. The summed E-state index contributed by atoms with van der Waals surface area (Å²) in [5, 5.41) is 0. The number of rotatable bonds is 8. The molecule has 2 heterocycles. The van der Waals surface area contributed by atoms with Crippen LogP contribution in [0.15, 0.2) is 63.5 Å². The van der Waals surface area contributed by atoms with Gasteiger partial charge in [-0.05, 0) is 56.0 Å². The van der Waals surface area contributed by atoms with Gasteiger partial charge in [-0.2, -0.15) is 0 Å². The molecule has 0 aliphatic carbocycles. The third-order valence-electron chi connectivity index (χ3n) is 6.00. The van der Waals surface area contributed by atoms with Gasteiger partial charge in [-0.25, -0.2) is 9.79 Å². The second-order valence-electron chi connectivity index (χ2n) is 9.72. The molecule has 0 saturated heterocycles. The van der Waals surface area contributed by atoms with E-state index in [1.165, 1.54) is 22.8 Å². The van der Waals surface area contributed by atoms with Crippen molar-refractivity contribution in [2.75, 3.05) is 13.2 Å². The van der Waals surface area contributed by atoms with Gasteiger partial charge in [0.15, 0.2) is 16.3 Å². The molecule has 0 radical (unpaired) electrons. The highest BCUT2D eigenvalue weighted by Crippen LogP contribution is 2.36. The van der Waals surface area contributed by atoms with Crippen LogP contribution in [0.2, 0.25) is 0 Å². The van der Waals surface area contributed by atoms with E-state index in [1.807, 2.05) is 58.0 Å². The van der Waals surface area contributed by atoms with Gasteiger partial charge < -0.3 is 14.2 Å². The van der Waals surface area contributed by atoms with Crippen LogP contribution < -0.4 is 24.4 Å². The van der Waals surface area contributed by atoms with Crippen molar-refractivity contribution >= 4 is 29.4 Å². The Hall–Kier alpha value is -3.98. The van der Waals surface area contributed by atoms with E-state index in [0.29, 0.717) is 33.0 Å². The third kappa shape index (κ3) is 6.20. The highest BCUT2D eigenvalue weighted by molar-refractivity contribution is 7.07. The van der Waals surface area contributed by atoms with Crippen molar-refractivity contribution in [3.05, 3.63) is 90.1 Å². The van der Waals surface area contributed by atoms with E-state index in [9.17, 15) is 14.4 Å². The van der Waals surface area contributed by atoms with Crippen LogP contribution in [-0.4, -0.2) is 29.7 Å². The molecule has 0 fully saturated rings. The lowest BCUT2D eigenvalue weighted by atomic mass is 9.95. The van der Waals surface area contributed by atoms with Crippen LogP contribution in [0.25, 0.3) is 6.08 Å². The summed E-state index contributed by atoms with van der Waals surface area (Å²) in [4.78, 5) is 44.0. The Balaban J connectivity index is 1.92. The Bertz CT molecular complexity index is 1610. The number of hydrogen-bond acceptors (Lipinski definition) is 8. The molecule has 8 nitrogen and oxygen atoms in total. The molecule has 3 aromatic rings. The van der Waals surface area contributed by atoms with E-state index in [-0.39, 0.29) is 29.4 Å². The number of thiazole rings is 1. The van der Waals surface area contributed by atoms with Crippen molar-refractivity contribution in [1.29, 1.82) is 0 Å². The van der Waals surface area contributed by atoms with E-state index >= 15 is 0 Å². The van der Waals surface area contributed by atoms with Gasteiger partial charge in [-0.1, -0.05) is 61.1 Å². The van der Waals surface area contributed by atoms with Crippen LogP contribution in [0, 0.1) is 12.8 Å². The molecule has 0 bridgehead atoms. The molecule has 0 spiro atoms. The molecule has 1 unspecified atom stereocenters. The molecule has 204 valence electrons. The maximum absolute atomic E-state index is 13.8. The number of hydrogen-bond donors (Lipinski definition) is 0. The summed E-state index contributed by atoms with van der Waals surface area (Å²) >= 11 is 1.26. The maximum Gasteiger partial charge on any atom is 0.338 e. The highest BCUT2D eigenvalue weighted by Gasteiger charge is 2.34. The van der Waals surface area contributed by atoms with Crippen molar-refractivity contribution in [3.8, 4) is 11.5 Å².